The van der Waals surface area contributed by atoms with Crippen LogP contribution in [0.3, 0.4) is 0 Å². The number of rotatable bonds is 4. The zero-order valence-corrected chi connectivity index (χ0v) is 13.4. The Balaban J connectivity index is 1.64. The molecular weight excluding hydrogens is 292 g/mol. The summed E-state index contributed by atoms with van der Waals surface area (Å²) >= 11 is 0. The van der Waals surface area contributed by atoms with Gasteiger partial charge in [0, 0.05) is 19.6 Å². The van der Waals surface area contributed by atoms with Crippen molar-refractivity contribution in [2.45, 2.75) is 38.3 Å². The minimum atomic E-state index is -0.782. The number of carbonyl (C=O) groups is 2. The van der Waals surface area contributed by atoms with E-state index in [9.17, 15) is 14.7 Å². The quantitative estimate of drug-likeness (QED) is 0.922. The summed E-state index contributed by atoms with van der Waals surface area (Å²) in [6, 6.07) is 10.1. The molecule has 124 valence electrons. The Morgan fingerprint density at radius 3 is 2.57 bits per heavy atom. The zero-order chi connectivity index (χ0) is 16.2. The predicted molar refractivity (Wildman–Crippen MR) is 86.8 cm³/mol. The van der Waals surface area contributed by atoms with Crippen LogP contribution in [0.5, 0.6) is 0 Å². The van der Waals surface area contributed by atoms with E-state index >= 15 is 0 Å². The summed E-state index contributed by atoms with van der Waals surface area (Å²) in [5.74, 6) is -1.07. The van der Waals surface area contributed by atoms with Crippen LogP contribution in [-0.4, -0.2) is 52.5 Å². The van der Waals surface area contributed by atoms with E-state index in [0.717, 1.165) is 32.4 Å². The summed E-state index contributed by atoms with van der Waals surface area (Å²) in [6.45, 7) is 2.77. The fourth-order valence-corrected chi connectivity index (χ4v) is 3.70. The predicted octanol–water partition coefficient (Wildman–Crippen LogP) is 1.97. The number of carboxylic acid groups (broad SMARTS) is 1. The van der Waals surface area contributed by atoms with Crippen molar-refractivity contribution < 1.29 is 14.7 Å². The molecule has 0 spiro atoms. The lowest BCUT2D eigenvalue weighted by Gasteiger charge is -2.35. The van der Waals surface area contributed by atoms with Gasteiger partial charge >= 0.3 is 5.97 Å². The number of carboxylic acids is 1. The third-order valence-electron chi connectivity index (χ3n) is 4.96. The molecule has 0 unspecified atom stereocenters. The third-order valence-corrected chi connectivity index (χ3v) is 4.96. The molecule has 23 heavy (non-hydrogen) atoms. The summed E-state index contributed by atoms with van der Waals surface area (Å²) in [7, 11) is 0. The lowest BCUT2D eigenvalue weighted by atomic mass is 9.97. The standard InChI is InChI=1S/C18H24N2O3/c21-17(20-11-4-8-15(13-20)18(22)23)16-9-5-10-19(16)12-14-6-2-1-3-7-14/h1-3,6-7,15-16H,4-5,8-13H2,(H,22,23)/t15-,16-/m0/s1. The zero-order valence-electron chi connectivity index (χ0n) is 13.4. The molecule has 0 aliphatic carbocycles. The van der Waals surface area contributed by atoms with Gasteiger partial charge in [0.05, 0.1) is 12.0 Å². The van der Waals surface area contributed by atoms with Crippen molar-refractivity contribution in [2.24, 2.45) is 5.92 Å². The molecule has 1 aromatic carbocycles. The molecule has 2 atom stereocenters. The van der Waals surface area contributed by atoms with Gasteiger partial charge in [-0.25, -0.2) is 0 Å². The lowest BCUT2D eigenvalue weighted by Crippen LogP contribution is -2.50. The van der Waals surface area contributed by atoms with E-state index in [4.69, 9.17) is 0 Å². The maximum absolute atomic E-state index is 12.9. The average Bonchev–Trinajstić information content (AvgIpc) is 3.03. The highest BCUT2D eigenvalue weighted by Crippen LogP contribution is 2.24. The van der Waals surface area contributed by atoms with E-state index in [0.29, 0.717) is 19.5 Å². The third kappa shape index (κ3) is 3.72. The van der Waals surface area contributed by atoms with Crippen LogP contribution in [0.15, 0.2) is 30.3 Å². The van der Waals surface area contributed by atoms with Crippen molar-refractivity contribution in [1.82, 2.24) is 9.80 Å². The maximum atomic E-state index is 12.9. The molecule has 0 saturated carbocycles. The smallest absolute Gasteiger partial charge is 0.308 e. The molecule has 2 aliphatic heterocycles. The average molecular weight is 316 g/mol. The van der Waals surface area contributed by atoms with E-state index in [2.05, 4.69) is 17.0 Å². The van der Waals surface area contributed by atoms with Gasteiger partial charge in [-0.2, -0.15) is 0 Å². The molecule has 1 amide bonds. The molecule has 0 aromatic heterocycles. The summed E-state index contributed by atoms with van der Waals surface area (Å²) in [4.78, 5) is 28.1. The minimum Gasteiger partial charge on any atom is -0.481 e. The van der Waals surface area contributed by atoms with E-state index in [-0.39, 0.29) is 11.9 Å². The first-order valence-corrected chi connectivity index (χ1v) is 8.44. The Morgan fingerprint density at radius 1 is 1.09 bits per heavy atom. The Kier molecular flexibility index (Phi) is 4.96. The van der Waals surface area contributed by atoms with Crippen molar-refractivity contribution in [3.8, 4) is 0 Å². The number of nitrogens with zero attached hydrogens (tertiary/aromatic N) is 2. The summed E-state index contributed by atoms with van der Waals surface area (Å²) in [5.41, 5.74) is 1.22. The highest BCUT2D eigenvalue weighted by molar-refractivity contribution is 5.83. The summed E-state index contributed by atoms with van der Waals surface area (Å²) in [6.07, 6.45) is 3.37. The van der Waals surface area contributed by atoms with Gasteiger partial charge < -0.3 is 10.0 Å². The largest absolute Gasteiger partial charge is 0.481 e. The molecule has 0 radical (unpaired) electrons. The second kappa shape index (κ2) is 7.13. The van der Waals surface area contributed by atoms with Crippen LogP contribution >= 0.6 is 0 Å². The van der Waals surface area contributed by atoms with Crippen molar-refractivity contribution in [2.75, 3.05) is 19.6 Å². The number of amides is 1. The Morgan fingerprint density at radius 2 is 1.83 bits per heavy atom. The molecule has 0 bridgehead atoms. The van der Waals surface area contributed by atoms with Gasteiger partial charge in [0.1, 0.15) is 0 Å². The molecule has 1 N–H and O–H groups in total. The van der Waals surface area contributed by atoms with E-state index in [1.807, 2.05) is 18.2 Å². The van der Waals surface area contributed by atoms with Gasteiger partial charge in [0.25, 0.3) is 0 Å². The summed E-state index contributed by atoms with van der Waals surface area (Å²) in [5, 5.41) is 9.20. The number of hydrogen-bond acceptors (Lipinski definition) is 3. The first kappa shape index (κ1) is 16.0. The summed E-state index contributed by atoms with van der Waals surface area (Å²) < 4.78 is 0. The number of hydrogen-bond donors (Lipinski definition) is 1. The maximum Gasteiger partial charge on any atom is 0.308 e. The van der Waals surface area contributed by atoms with Crippen LogP contribution in [0, 0.1) is 5.92 Å². The van der Waals surface area contributed by atoms with Gasteiger partial charge in [-0.3, -0.25) is 14.5 Å². The van der Waals surface area contributed by atoms with Crippen molar-refractivity contribution >= 4 is 11.9 Å². The van der Waals surface area contributed by atoms with Gasteiger partial charge in [0.15, 0.2) is 0 Å². The Labute approximate surface area is 136 Å². The van der Waals surface area contributed by atoms with E-state index in [1.54, 1.807) is 4.90 Å². The molecule has 2 aliphatic rings. The van der Waals surface area contributed by atoms with Crippen LogP contribution in [0.4, 0.5) is 0 Å². The van der Waals surface area contributed by atoms with Crippen molar-refractivity contribution in [3.63, 3.8) is 0 Å². The van der Waals surface area contributed by atoms with Gasteiger partial charge in [-0.1, -0.05) is 30.3 Å². The molecule has 5 heteroatoms. The van der Waals surface area contributed by atoms with Crippen LogP contribution in [-0.2, 0) is 16.1 Å². The molecule has 5 nitrogen and oxygen atoms in total. The fraction of sp³-hybridized carbons (Fsp3) is 0.556. The van der Waals surface area contributed by atoms with Crippen molar-refractivity contribution in [3.05, 3.63) is 35.9 Å². The first-order valence-electron chi connectivity index (χ1n) is 8.44. The van der Waals surface area contributed by atoms with Gasteiger partial charge in [-0.15, -0.1) is 0 Å². The normalized spacial score (nSPS) is 25.5. The number of likely N-dealkylation sites (tertiary alicyclic amines) is 2. The Bertz CT molecular complexity index is 561. The van der Waals surface area contributed by atoms with Crippen LogP contribution in [0.25, 0.3) is 0 Å². The first-order chi connectivity index (χ1) is 11.1. The van der Waals surface area contributed by atoms with Gasteiger partial charge in [-0.05, 0) is 37.8 Å². The fourth-order valence-electron chi connectivity index (χ4n) is 3.70. The van der Waals surface area contributed by atoms with Crippen LogP contribution in [0.1, 0.15) is 31.2 Å². The van der Waals surface area contributed by atoms with Crippen LogP contribution < -0.4 is 0 Å². The molecule has 2 saturated heterocycles. The molecule has 1 aromatic rings. The highest BCUT2D eigenvalue weighted by atomic mass is 16.4. The highest BCUT2D eigenvalue weighted by Gasteiger charge is 2.36. The van der Waals surface area contributed by atoms with Gasteiger partial charge in [0.2, 0.25) is 5.91 Å². The monoisotopic (exact) mass is 316 g/mol. The number of carbonyl (C=O) groups excluding carboxylic acids is 1. The SMILES string of the molecule is O=C(O)[C@H]1CCCN(C(=O)[C@@H]2CCCN2Cc2ccccc2)C1. The van der Waals surface area contributed by atoms with Crippen LogP contribution in [0.2, 0.25) is 0 Å². The minimum absolute atomic E-state index is 0.0947. The second-order valence-electron chi connectivity index (χ2n) is 6.58. The molecule has 3 rings (SSSR count). The number of benzene rings is 1. The molecular formula is C18H24N2O3. The van der Waals surface area contributed by atoms with E-state index < -0.39 is 11.9 Å². The molecule has 2 heterocycles. The lowest BCUT2D eigenvalue weighted by molar-refractivity contribution is -0.147. The van der Waals surface area contributed by atoms with Crippen molar-refractivity contribution in [1.29, 1.82) is 0 Å². The number of piperidine rings is 1. The van der Waals surface area contributed by atoms with E-state index in [1.165, 1.54) is 5.56 Å². The molecule has 2 fully saturated rings. The Hall–Kier alpha value is -1.88. The number of aliphatic carboxylic acids is 1. The topological polar surface area (TPSA) is 60.9 Å². The second-order valence-corrected chi connectivity index (χ2v) is 6.58.